The van der Waals surface area contributed by atoms with Crippen LogP contribution in [-0.2, 0) is 0 Å². The van der Waals surface area contributed by atoms with E-state index in [2.05, 4.69) is 20.3 Å². The summed E-state index contributed by atoms with van der Waals surface area (Å²) in [6, 6.07) is 7.82. The zero-order valence-corrected chi connectivity index (χ0v) is 12.5. The predicted octanol–water partition coefficient (Wildman–Crippen LogP) is 3.67. The summed E-state index contributed by atoms with van der Waals surface area (Å²) < 4.78 is 0. The minimum atomic E-state index is 0.0587. The minimum Gasteiger partial charge on any atom is -0.492 e. The fraction of sp³-hybridized carbons (Fsp3) is 0.133. The molecule has 0 amide bonds. The molecule has 3 rings (SSSR count). The first kappa shape index (κ1) is 13.5. The van der Waals surface area contributed by atoms with Crippen molar-refractivity contribution in [1.29, 1.82) is 0 Å². The second-order valence-electron chi connectivity index (χ2n) is 4.74. The molecule has 0 saturated heterocycles. The normalized spacial score (nSPS) is 10.6. The van der Waals surface area contributed by atoms with Gasteiger partial charge in [-0.05, 0) is 43.2 Å². The van der Waals surface area contributed by atoms with Crippen molar-refractivity contribution in [2.45, 2.75) is 13.8 Å². The fourth-order valence-electron chi connectivity index (χ4n) is 2.06. The van der Waals surface area contributed by atoms with Crippen LogP contribution in [0.15, 0.2) is 36.0 Å². The number of benzene rings is 1. The minimum absolute atomic E-state index is 0.0587. The summed E-state index contributed by atoms with van der Waals surface area (Å²) in [7, 11) is 0. The lowest BCUT2D eigenvalue weighted by molar-refractivity contribution is 0.459. The van der Waals surface area contributed by atoms with Crippen molar-refractivity contribution in [3.8, 4) is 16.3 Å². The summed E-state index contributed by atoms with van der Waals surface area (Å²) in [6.45, 7) is 3.92. The van der Waals surface area contributed by atoms with Crippen LogP contribution in [0.1, 0.15) is 11.3 Å². The van der Waals surface area contributed by atoms with Gasteiger partial charge in [0.15, 0.2) is 0 Å². The second kappa shape index (κ2) is 5.49. The van der Waals surface area contributed by atoms with E-state index in [4.69, 9.17) is 0 Å². The molecule has 0 aliphatic heterocycles. The molecule has 0 radical (unpaired) electrons. The molecule has 0 aliphatic carbocycles. The monoisotopic (exact) mass is 298 g/mol. The molecule has 3 aromatic rings. The van der Waals surface area contributed by atoms with Gasteiger partial charge in [0, 0.05) is 17.6 Å². The summed E-state index contributed by atoms with van der Waals surface area (Å²) in [5, 5.41) is 13.0. The van der Waals surface area contributed by atoms with Gasteiger partial charge in [-0.2, -0.15) is 0 Å². The molecule has 0 fully saturated rings. The molecule has 1 aromatic carbocycles. The van der Waals surface area contributed by atoms with Crippen LogP contribution < -0.4 is 5.32 Å². The van der Waals surface area contributed by atoms with Crippen molar-refractivity contribution >= 4 is 23.0 Å². The molecule has 0 spiro atoms. The number of anilines is 2. The highest BCUT2D eigenvalue weighted by atomic mass is 32.1. The van der Waals surface area contributed by atoms with Crippen LogP contribution in [0.2, 0.25) is 0 Å². The Labute approximate surface area is 126 Å². The Bertz CT molecular complexity index is 785. The third-order valence-corrected chi connectivity index (χ3v) is 3.80. The highest BCUT2D eigenvalue weighted by molar-refractivity contribution is 7.13. The van der Waals surface area contributed by atoms with Gasteiger partial charge in [-0.15, -0.1) is 11.3 Å². The molecule has 0 saturated carbocycles. The molecular weight excluding hydrogens is 284 g/mol. The van der Waals surface area contributed by atoms with Crippen LogP contribution in [0.4, 0.5) is 11.6 Å². The van der Waals surface area contributed by atoms with Crippen LogP contribution in [0.25, 0.3) is 10.4 Å². The predicted molar refractivity (Wildman–Crippen MR) is 84.0 cm³/mol. The number of aromatic hydroxyl groups is 1. The Morgan fingerprint density at radius 3 is 2.71 bits per heavy atom. The van der Waals surface area contributed by atoms with Crippen LogP contribution in [0.3, 0.4) is 0 Å². The van der Waals surface area contributed by atoms with Gasteiger partial charge in [0.1, 0.15) is 0 Å². The number of hydrogen-bond donors (Lipinski definition) is 2. The third kappa shape index (κ3) is 3.00. The SMILES string of the molecule is Cc1cc(Nc2nccc(C)n2)cc(-c2scnc2O)c1. The van der Waals surface area contributed by atoms with Crippen molar-refractivity contribution in [2.24, 2.45) is 0 Å². The first-order valence-corrected chi connectivity index (χ1v) is 7.31. The fourth-order valence-corrected chi connectivity index (χ4v) is 2.73. The van der Waals surface area contributed by atoms with Crippen LogP contribution in [-0.4, -0.2) is 20.1 Å². The number of nitrogens with one attached hydrogen (secondary N) is 1. The number of hydrogen-bond acceptors (Lipinski definition) is 6. The highest BCUT2D eigenvalue weighted by Gasteiger charge is 2.09. The molecule has 2 heterocycles. The first-order valence-electron chi connectivity index (χ1n) is 6.43. The summed E-state index contributed by atoms with van der Waals surface area (Å²) in [4.78, 5) is 13.2. The average molecular weight is 298 g/mol. The van der Waals surface area contributed by atoms with E-state index in [0.29, 0.717) is 5.95 Å². The van der Waals surface area contributed by atoms with Crippen molar-refractivity contribution < 1.29 is 5.11 Å². The van der Waals surface area contributed by atoms with Gasteiger partial charge in [-0.1, -0.05) is 6.07 Å². The molecular formula is C15H14N4OS. The highest BCUT2D eigenvalue weighted by Crippen LogP contribution is 2.34. The van der Waals surface area contributed by atoms with Gasteiger partial charge in [0.05, 0.1) is 10.4 Å². The van der Waals surface area contributed by atoms with Gasteiger partial charge in [-0.25, -0.2) is 15.0 Å². The van der Waals surface area contributed by atoms with E-state index in [-0.39, 0.29) is 5.88 Å². The van der Waals surface area contributed by atoms with E-state index in [1.165, 1.54) is 11.3 Å². The lowest BCUT2D eigenvalue weighted by atomic mass is 10.1. The molecule has 21 heavy (non-hydrogen) atoms. The molecule has 106 valence electrons. The maximum Gasteiger partial charge on any atom is 0.230 e. The van der Waals surface area contributed by atoms with Crippen LogP contribution >= 0.6 is 11.3 Å². The van der Waals surface area contributed by atoms with Crippen LogP contribution in [0, 0.1) is 13.8 Å². The zero-order chi connectivity index (χ0) is 14.8. The van der Waals surface area contributed by atoms with E-state index >= 15 is 0 Å². The Morgan fingerprint density at radius 1 is 1.14 bits per heavy atom. The van der Waals surface area contributed by atoms with E-state index in [9.17, 15) is 5.11 Å². The maximum atomic E-state index is 9.77. The van der Waals surface area contributed by atoms with E-state index in [1.807, 2.05) is 38.1 Å². The average Bonchev–Trinajstić information content (AvgIpc) is 2.84. The Balaban J connectivity index is 1.97. The van der Waals surface area contributed by atoms with Crippen molar-refractivity contribution in [3.05, 3.63) is 47.2 Å². The molecule has 2 N–H and O–H groups in total. The topological polar surface area (TPSA) is 70.9 Å². The summed E-state index contributed by atoms with van der Waals surface area (Å²) in [5.74, 6) is 0.614. The molecule has 6 heteroatoms. The molecule has 0 unspecified atom stereocenters. The molecule has 5 nitrogen and oxygen atoms in total. The van der Waals surface area contributed by atoms with Gasteiger partial charge in [-0.3, -0.25) is 0 Å². The second-order valence-corrected chi connectivity index (χ2v) is 5.59. The molecule has 0 aliphatic rings. The van der Waals surface area contributed by atoms with Gasteiger partial charge >= 0.3 is 0 Å². The van der Waals surface area contributed by atoms with E-state index in [0.717, 1.165) is 27.4 Å². The maximum absolute atomic E-state index is 9.77. The standard InChI is InChI=1S/C15H14N4OS/c1-9-5-11(13-14(20)17-8-21-13)7-12(6-9)19-15-16-4-3-10(2)18-15/h3-8,20H,1-2H3,(H,16,18,19). The largest absolute Gasteiger partial charge is 0.492 e. The number of aryl methyl sites for hydroxylation is 2. The Kier molecular flexibility index (Phi) is 3.53. The van der Waals surface area contributed by atoms with Crippen LogP contribution in [0.5, 0.6) is 5.88 Å². The summed E-state index contributed by atoms with van der Waals surface area (Å²) >= 11 is 1.41. The van der Waals surface area contributed by atoms with Gasteiger partial charge < -0.3 is 10.4 Å². The number of aromatic nitrogens is 3. The summed E-state index contributed by atoms with van der Waals surface area (Å²) in [6.07, 6.45) is 1.72. The van der Waals surface area contributed by atoms with Crippen molar-refractivity contribution in [2.75, 3.05) is 5.32 Å². The quantitative estimate of drug-likeness (QED) is 0.772. The smallest absolute Gasteiger partial charge is 0.230 e. The van der Waals surface area contributed by atoms with Gasteiger partial charge in [0.25, 0.3) is 0 Å². The van der Waals surface area contributed by atoms with Gasteiger partial charge in [0.2, 0.25) is 11.8 Å². The number of rotatable bonds is 3. The Hall–Kier alpha value is -2.47. The zero-order valence-electron chi connectivity index (χ0n) is 11.7. The van der Waals surface area contributed by atoms with Crippen molar-refractivity contribution in [1.82, 2.24) is 15.0 Å². The first-order chi connectivity index (χ1) is 10.1. The summed E-state index contributed by atoms with van der Waals surface area (Å²) in [5.41, 5.74) is 5.41. The number of thiazole rings is 1. The third-order valence-electron chi connectivity index (χ3n) is 2.94. The van der Waals surface area contributed by atoms with E-state index in [1.54, 1.807) is 11.7 Å². The molecule has 0 bridgehead atoms. The Morgan fingerprint density at radius 2 is 2.00 bits per heavy atom. The number of nitrogens with zero attached hydrogens (tertiary/aromatic N) is 3. The van der Waals surface area contributed by atoms with Crippen molar-refractivity contribution in [3.63, 3.8) is 0 Å². The molecule has 2 aromatic heterocycles. The van der Waals surface area contributed by atoms with E-state index < -0.39 is 0 Å². The lowest BCUT2D eigenvalue weighted by Gasteiger charge is -2.08. The molecule has 0 atom stereocenters. The lowest BCUT2D eigenvalue weighted by Crippen LogP contribution is -1.98.